The zero-order valence-electron chi connectivity index (χ0n) is 19.8. The molecule has 7 nitrogen and oxygen atoms in total. The van der Waals surface area contributed by atoms with Gasteiger partial charge in [-0.15, -0.1) is 0 Å². The van der Waals surface area contributed by atoms with Crippen molar-refractivity contribution in [3.63, 3.8) is 0 Å². The average molecular weight is 509 g/mol. The summed E-state index contributed by atoms with van der Waals surface area (Å²) in [7, 11) is 0. The molecule has 1 unspecified atom stereocenters. The minimum Gasteiger partial charge on any atom is -0.480 e. The van der Waals surface area contributed by atoms with Gasteiger partial charge in [-0.2, -0.15) is 0 Å². The van der Waals surface area contributed by atoms with Crippen LogP contribution in [0.3, 0.4) is 0 Å². The van der Waals surface area contributed by atoms with Crippen molar-refractivity contribution in [3.8, 4) is 11.1 Å². The van der Waals surface area contributed by atoms with E-state index in [1.54, 1.807) is 30.3 Å². The van der Waals surface area contributed by atoms with Gasteiger partial charge in [0, 0.05) is 18.9 Å². The van der Waals surface area contributed by atoms with Crippen LogP contribution in [0.1, 0.15) is 29.0 Å². The largest absolute Gasteiger partial charge is 0.480 e. The van der Waals surface area contributed by atoms with Gasteiger partial charge in [0.15, 0.2) is 0 Å². The van der Waals surface area contributed by atoms with Gasteiger partial charge < -0.3 is 20.1 Å². The summed E-state index contributed by atoms with van der Waals surface area (Å²) >= 11 is 0. The topological polar surface area (TPSA) is 95.9 Å². The second kappa shape index (κ2) is 11.6. The number of amides is 2. The third kappa shape index (κ3) is 6.30. The van der Waals surface area contributed by atoms with Gasteiger partial charge in [-0.25, -0.2) is 13.6 Å². The highest BCUT2D eigenvalue weighted by Gasteiger charge is 2.32. The molecule has 0 bridgehead atoms. The van der Waals surface area contributed by atoms with E-state index in [0.717, 1.165) is 27.2 Å². The number of nitrogens with one attached hydrogen (secondary N) is 1. The summed E-state index contributed by atoms with van der Waals surface area (Å²) < 4.78 is 32.1. The number of carboxylic acid groups (broad SMARTS) is 1. The lowest BCUT2D eigenvalue weighted by atomic mass is 9.98. The molecule has 4 rings (SSSR count). The molecule has 0 saturated carbocycles. The Morgan fingerprint density at radius 3 is 2.03 bits per heavy atom. The molecule has 0 radical (unpaired) electrons. The monoisotopic (exact) mass is 508 g/mol. The minimum atomic E-state index is -2.91. The van der Waals surface area contributed by atoms with Gasteiger partial charge in [0.25, 0.3) is 0 Å². The molecular weight excluding hydrogens is 482 g/mol. The number of rotatable bonds is 10. The van der Waals surface area contributed by atoms with Crippen LogP contribution < -0.4 is 5.32 Å². The van der Waals surface area contributed by atoms with Crippen molar-refractivity contribution >= 4 is 18.0 Å². The van der Waals surface area contributed by atoms with Gasteiger partial charge in [0.05, 0.1) is 0 Å². The zero-order valence-corrected chi connectivity index (χ0v) is 19.8. The van der Waals surface area contributed by atoms with Crippen molar-refractivity contribution in [2.75, 3.05) is 13.2 Å². The van der Waals surface area contributed by atoms with Gasteiger partial charge >= 0.3 is 12.1 Å². The number of hydrogen-bond acceptors (Lipinski definition) is 4. The van der Waals surface area contributed by atoms with Crippen LogP contribution in [0.2, 0.25) is 0 Å². The first-order valence-corrected chi connectivity index (χ1v) is 11.8. The summed E-state index contributed by atoms with van der Waals surface area (Å²) in [5.41, 5.74) is 4.64. The highest BCUT2D eigenvalue weighted by Crippen LogP contribution is 2.44. The van der Waals surface area contributed by atoms with E-state index in [1.165, 1.54) is 0 Å². The molecular formula is C28H26F2N2O5. The predicted octanol–water partition coefficient (Wildman–Crippen LogP) is 4.66. The van der Waals surface area contributed by atoms with E-state index >= 15 is 0 Å². The smallest absolute Gasteiger partial charge is 0.407 e. The molecule has 0 heterocycles. The SMILES string of the molecule is O=C(O)CN(Cc1ccccc1)C(=O)C(CC(F)F)NC(=O)OCC1c2ccccc2-c2ccccc21. The van der Waals surface area contributed by atoms with Crippen molar-refractivity contribution in [2.24, 2.45) is 0 Å². The summed E-state index contributed by atoms with van der Waals surface area (Å²) in [6.45, 7) is -0.879. The van der Waals surface area contributed by atoms with Gasteiger partial charge in [-0.3, -0.25) is 9.59 Å². The number of halogens is 2. The number of ether oxygens (including phenoxy) is 1. The van der Waals surface area contributed by atoms with E-state index < -0.39 is 43.4 Å². The summed E-state index contributed by atoms with van der Waals surface area (Å²) in [6.07, 6.45) is -4.92. The standard InChI is InChI=1S/C28H26F2N2O5/c29-25(30)14-24(27(35)32(16-26(33)34)15-18-8-2-1-3-9-18)31-28(36)37-17-23-21-12-6-4-10-19(21)20-11-5-7-13-22(20)23/h1-13,23-25H,14-17H2,(H,31,36)(H,33,34). The van der Waals surface area contributed by atoms with Crippen LogP contribution in [0.15, 0.2) is 78.9 Å². The molecule has 3 aromatic rings. The molecule has 0 aliphatic heterocycles. The van der Waals surface area contributed by atoms with Gasteiger partial charge in [-0.1, -0.05) is 78.9 Å². The summed E-state index contributed by atoms with van der Waals surface area (Å²) in [6, 6.07) is 22.4. The Morgan fingerprint density at radius 2 is 1.46 bits per heavy atom. The fraction of sp³-hybridized carbons (Fsp3) is 0.250. The van der Waals surface area contributed by atoms with Crippen molar-refractivity contribution in [1.82, 2.24) is 10.2 Å². The summed E-state index contributed by atoms with van der Waals surface area (Å²) in [5, 5.41) is 11.5. The average Bonchev–Trinajstić information content (AvgIpc) is 3.20. The second-order valence-electron chi connectivity index (χ2n) is 8.72. The summed E-state index contributed by atoms with van der Waals surface area (Å²) in [4.78, 5) is 38.1. The van der Waals surface area contributed by atoms with E-state index in [9.17, 15) is 28.3 Å². The molecule has 192 valence electrons. The van der Waals surface area contributed by atoms with Gasteiger partial charge in [0.2, 0.25) is 12.3 Å². The Hall–Kier alpha value is -4.27. The molecule has 0 aromatic heterocycles. The van der Waals surface area contributed by atoms with Crippen molar-refractivity contribution in [2.45, 2.75) is 31.4 Å². The molecule has 37 heavy (non-hydrogen) atoms. The van der Waals surface area contributed by atoms with Crippen LogP contribution >= 0.6 is 0 Å². The minimum absolute atomic E-state index is 0.0572. The lowest BCUT2D eigenvalue weighted by Crippen LogP contribution is -2.50. The molecule has 1 aliphatic carbocycles. The quantitative estimate of drug-likeness (QED) is 0.415. The van der Waals surface area contributed by atoms with E-state index in [2.05, 4.69) is 5.32 Å². The Bertz CT molecular complexity index is 1220. The lowest BCUT2D eigenvalue weighted by Gasteiger charge is -2.27. The molecule has 9 heteroatoms. The number of benzene rings is 3. The van der Waals surface area contributed by atoms with Crippen LogP contribution in [0, 0.1) is 0 Å². The number of carboxylic acids is 1. The normalized spacial score (nSPS) is 12.9. The second-order valence-corrected chi connectivity index (χ2v) is 8.72. The lowest BCUT2D eigenvalue weighted by molar-refractivity contribution is -0.146. The maximum absolute atomic E-state index is 13.3. The van der Waals surface area contributed by atoms with Crippen LogP contribution in [0.4, 0.5) is 13.6 Å². The number of hydrogen-bond donors (Lipinski definition) is 2. The van der Waals surface area contributed by atoms with E-state index in [-0.39, 0.29) is 19.1 Å². The van der Waals surface area contributed by atoms with Crippen LogP contribution in [0.25, 0.3) is 11.1 Å². The fourth-order valence-corrected chi connectivity index (χ4v) is 4.58. The van der Waals surface area contributed by atoms with Crippen LogP contribution in [0.5, 0.6) is 0 Å². The Kier molecular flexibility index (Phi) is 8.12. The third-order valence-electron chi connectivity index (χ3n) is 6.20. The number of alkyl carbamates (subject to hydrolysis) is 1. The highest BCUT2D eigenvalue weighted by molar-refractivity contribution is 5.88. The molecule has 1 aliphatic rings. The number of nitrogens with zero attached hydrogens (tertiary/aromatic N) is 1. The molecule has 2 N–H and O–H groups in total. The number of alkyl halides is 2. The first-order chi connectivity index (χ1) is 17.8. The first-order valence-electron chi connectivity index (χ1n) is 11.8. The molecule has 0 spiro atoms. The molecule has 2 amide bonds. The predicted molar refractivity (Wildman–Crippen MR) is 132 cm³/mol. The highest BCUT2D eigenvalue weighted by atomic mass is 19.3. The number of fused-ring (bicyclic) bond motifs is 3. The Morgan fingerprint density at radius 1 is 0.892 bits per heavy atom. The Balaban J connectivity index is 1.46. The third-order valence-corrected chi connectivity index (χ3v) is 6.20. The first kappa shape index (κ1) is 25.8. The molecule has 0 fully saturated rings. The van der Waals surface area contributed by atoms with Crippen molar-refractivity contribution in [1.29, 1.82) is 0 Å². The Labute approximate surface area is 212 Å². The maximum atomic E-state index is 13.3. The van der Waals surface area contributed by atoms with Gasteiger partial charge in [-0.05, 0) is 27.8 Å². The van der Waals surface area contributed by atoms with E-state index in [4.69, 9.17) is 4.74 Å². The summed E-state index contributed by atoms with van der Waals surface area (Å²) in [5.74, 6) is -2.48. The van der Waals surface area contributed by atoms with Gasteiger partial charge in [0.1, 0.15) is 19.2 Å². The fourth-order valence-electron chi connectivity index (χ4n) is 4.58. The number of carbonyl (C=O) groups excluding carboxylic acids is 2. The molecule has 0 saturated heterocycles. The van der Waals surface area contributed by atoms with Crippen molar-refractivity contribution < 1.29 is 33.0 Å². The van der Waals surface area contributed by atoms with Crippen LogP contribution in [-0.2, 0) is 20.9 Å². The van der Waals surface area contributed by atoms with E-state index in [0.29, 0.717) is 5.56 Å². The van der Waals surface area contributed by atoms with E-state index in [1.807, 2.05) is 48.5 Å². The number of carbonyl (C=O) groups is 3. The number of aliphatic carboxylic acids is 1. The molecule has 1 atom stereocenters. The molecule has 3 aromatic carbocycles. The maximum Gasteiger partial charge on any atom is 0.407 e. The van der Waals surface area contributed by atoms with Crippen LogP contribution in [-0.4, -0.2) is 53.6 Å². The zero-order chi connectivity index (χ0) is 26.4. The van der Waals surface area contributed by atoms with Crippen molar-refractivity contribution in [3.05, 3.63) is 95.6 Å².